The summed E-state index contributed by atoms with van der Waals surface area (Å²) < 4.78 is 16.7. The van der Waals surface area contributed by atoms with Crippen LogP contribution in [0.2, 0.25) is 0 Å². The summed E-state index contributed by atoms with van der Waals surface area (Å²) in [7, 11) is 0. The lowest BCUT2D eigenvalue weighted by Crippen LogP contribution is -2.55. The molecule has 0 aromatic rings. The topological polar surface area (TPSA) is 47.9 Å². The largest absolute Gasteiger partial charge is 0.366 e. The fourth-order valence-electron chi connectivity index (χ4n) is 2.73. The molecule has 7 atom stereocenters. The summed E-state index contributed by atoms with van der Waals surface area (Å²) in [6, 6.07) is 0. The van der Waals surface area contributed by atoms with Gasteiger partial charge in [0.1, 0.15) is 12.2 Å². The summed E-state index contributed by atoms with van der Waals surface area (Å²) in [5, 5.41) is 9.55. The molecule has 0 spiro atoms. The fraction of sp³-hybridized carbons (Fsp3) is 1.00. The molecule has 3 aliphatic rings. The summed E-state index contributed by atoms with van der Waals surface area (Å²) in [4.78, 5) is 0. The lowest BCUT2D eigenvalue weighted by molar-refractivity contribution is -0.318. The lowest BCUT2D eigenvalue weighted by atomic mass is 9.83. The van der Waals surface area contributed by atoms with E-state index in [1.54, 1.807) is 0 Å². The molecule has 74 valence electrons. The standard InChI is InChI=1S/C9H14O4/c1-3-5-4(2)7-9(12-5)13-8(10)6(3)11-7/h3-10H,1-2H3/t3-,4+,5+,6+,7-,8?,9-/m0/s1. The highest BCUT2D eigenvalue weighted by atomic mass is 16.8. The van der Waals surface area contributed by atoms with Gasteiger partial charge in [-0.25, -0.2) is 0 Å². The maximum atomic E-state index is 9.55. The molecule has 1 unspecified atom stereocenters. The second-order valence-corrected chi connectivity index (χ2v) is 4.28. The molecule has 3 aliphatic heterocycles. The SMILES string of the molecule is C[C@@H]1[C@@H]2O[C@H]3OC(O)[C@H](O[C@H]31)[C@H]2C. The molecule has 0 aliphatic carbocycles. The normalized spacial score (nSPS) is 64.4. The molecule has 13 heavy (non-hydrogen) atoms. The maximum Gasteiger partial charge on any atom is 0.187 e. The monoisotopic (exact) mass is 186 g/mol. The van der Waals surface area contributed by atoms with Gasteiger partial charge in [0.2, 0.25) is 0 Å². The first-order chi connectivity index (χ1) is 6.18. The predicted molar refractivity (Wildman–Crippen MR) is 42.7 cm³/mol. The van der Waals surface area contributed by atoms with Crippen molar-refractivity contribution in [2.75, 3.05) is 0 Å². The molecule has 0 radical (unpaired) electrons. The van der Waals surface area contributed by atoms with Gasteiger partial charge >= 0.3 is 0 Å². The van der Waals surface area contributed by atoms with E-state index in [1.807, 2.05) is 6.92 Å². The zero-order valence-electron chi connectivity index (χ0n) is 7.71. The van der Waals surface area contributed by atoms with Crippen LogP contribution in [0, 0.1) is 11.8 Å². The van der Waals surface area contributed by atoms with Crippen LogP contribution in [0.25, 0.3) is 0 Å². The quantitative estimate of drug-likeness (QED) is 0.583. The Morgan fingerprint density at radius 1 is 0.846 bits per heavy atom. The van der Waals surface area contributed by atoms with Crippen molar-refractivity contribution in [1.82, 2.24) is 0 Å². The van der Waals surface area contributed by atoms with Crippen LogP contribution < -0.4 is 0 Å². The Bertz CT molecular complexity index is 230. The predicted octanol–water partition coefficient (Wildman–Crippen LogP) is 0.0995. The van der Waals surface area contributed by atoms with Gasteiger partial charge in [-0.1, -0.05) is 13.8 Å². The number of aliphatic hydroxyl groups excluding tert-OH is 1. The van der Waals surface area contributed by atoms with Gasteiger partial charge in [-0.3, -0.25) is 0 Å². The Kier molecular flexibility index (Phi) is 1.54. The van der Waals surface area contributed by atoms with Crippen molar-refractivity contribution in [2.24, 2.45) is 11.8 Å². The summed E-state index contributed by atoms with van der Waals surface area (Å²) in [6.45, 7) is 4.16. The first-order valence-corrected chi connectivity index (χ1v) is 4.83. The Labute approximate surface area is 76.8 Å². The van der Waals surface area contributed by atoms with E-state index in [9.17, 15) is 5.11 Å². The molecule has 3 bridgehead atoms. The van der Waals surface area contributed by atoms with Crippen LogP contribution in [-0.2, 0) is 14.2 Å². The van der Waals surface area contributed by atoms with Crippen LogP contribution in [0.1, 0.15) is 13.8 Å². The van der Waals surface area contributed by atoms with E-state index in [4.69, 9.17) is 14.2 Å². The highest BCUT2D eigenvalue weighted by molar-refractivity contribution is 4.99. The van der Waals surface area contributed by atoms with E-state index in [0.29, 0.717) is 5.92 Å². The third kappa shape index (κ3) is 0.892. The van der Waals surface area contributed by atoms with Crippen molar-refractivity contribution in [3.8, 4) is 0 Å². The second kappa shape index (κ2) is 2.45. The summed E-state index contributed by atoms with van der Waals surface area (Å²) >= 11 is 0. The van der Waals surface area contributed by atoms with Gasteiger partial charge in [-0.2, -0.15) is 0 Å². The summed E-state index contributed by atoms with van der Waals surface area (Å²) in [5.74, 6) is 0.595. The molecule has 3 rings (SSSR count). The highest BCUT2D eigenvalue weighted by Gasteiger charge is 2.58. The maximum absolute atomic E-state index is 9.55. The minimum absolute atomic E-state index is 0.0228. The second-order valence-electron chi connectivity index (χ2n) is 4.28. The van der Waals surface area contributed by atoms with Crippen molar-refractivity contribution in [3.63, 3.8) is 0 Å². The molecule has 4 nitrogen and oxygen atoms in total. The van der Waals surface area contributed by atoms with Gasteiger partial charge in [0.05, 0.1) is 6.10 Å². The van der Waals surface area contributed by atoms with Gasteiger partial charge in [0, 0.05) is 11.8 Å². The van der Waals surface area contributed by atoms with Crippen molar-refractivity contribution in [2.45, 2.75) is 44.7 Å². The van der Waals surface area contributed by atoms with E-state index in [-0.39, 0.29) is 30.5 Å². The van der Waals surface area contributed by atoms with Crippen LogP contribution in [0.3, 0.4) is 0 Å². The van der Waals surface area contributed by atoms with Crippen molar-refractivity contribution in [3.05, 3.63) is 0 Å². The van der Waals surface area contributed by atoms with Gasteiger partial charge < -0.3 is 19.3 Å². The molecular formula is C9H14O4. The first kappa shape index (κ1) is 8.17. The molecule has 3 fully saturated rings. The Balaban J connectivity index is 1.97. The van der Waals surface area contributed by atoms with Crippen LogP contribution in [0.4, 0.5) is 0 Å². The molecule has 0 aromatic carbocycles. The number of hydrogen-bond acceptors (Lipinski definition) is 4. The Morgan fingerprint density at radius 2 is 1.54 bits per heavy atom. The average Bonchev–Trinajstić information content (AvgIpc) is 2.25. The molecule has 0 saturated carbocycles. The van der Waals surface area contributed by atoms with Crippen LogP contribution in [0.5, 0.6) is 0 Å². The zero-order chi connectivity index (χ0) is 9.16. The molecular weight excluding hydrogens is 172 g/mol. The van der Waals surface area contributed by atoms with Crippen LogP contribution in [0.15, 0.2) is 0 Å². The average molecular weight is 186 g/mol. The third-order valence-corrected chi connectivity index (χ3v) is 3.50. The number of aliphatic hydroxyl groups is 1. The minimum Gasteiger partial charge on any atom is -0.366 e. The Hall–Kier alpha value is -0.160. The number of fused-ring (bicyclic) bond motifs is 2. The number of ether oxygens (including phenoxy) is 3. The van der Waals surface area contributed by atoms with Gasteiger partial charge in [-0.05, 0) is 0 Å². The zero-order valence-corrected chi connectivity index (χ0v) is 7.71. The van der Waals surface area contributed by atoms with Gasteiger partial charge in [0.25, 0.3) is 0 Å². The van der Waals surface area contributed by atoms with Crippen LogP contribution in [-0.4, -0.2) is 36.0 Å². The smallest absolute Gasteiger partial charge is 0.187 e. The Morgan fingerprint density at radius 3 is 2.31 bits per heavy atom. The van der Waals surface area contributed by atoms with E-state index < -0.39 is 6.29 Å². The minimum atomic E-state index is -0.811. The van der Waals surface area contributed by atoms with Crippen molar-refractivity contribution in [1.29, 1.82) is 0 Å². The highest BCUT2D eigenvalue weighted by Crippen LogP contribution is 2.46. The van der Waals surface area contributed by atoms with E-state index in [2.05, 4.69) is 6.92 Å². The van der Waals surface area contributed by atoms with E-state index >= 15 is 0 Å². The summed E-state index contributed by atoms with van der Waals surface area (Å²) in [6.07, 6.45) is -1.16. The molecule has 0 aromatic heterocycles. The fourth-order valence-corrected chi connectivity index (χ4v) is 2.73. The van der Waals surface area contributed by atoms with Gasteiger partial charge in [0.15, 0.2) is 12.6 Å². The summed E-state index contributed by atoms with van der Waals surface area (Å²) in [5.41, 5.74) is 0. The third-order valence-electron chi connectivity index (χ3n) is 3.50. The van der Waals surface area contributed by atoms with E-state index in [0.717, 1.165) is 0 Å². The van der Waals surface area contributed by atoms with Gasteiger partial charge in [-0.15, -0.1) is 0 Å². The van der Waals surface area contributed by atoms with E-state index in [1.165, 1.54) is 0 Å². The molecule has 3 saturated heterocycles. The molecule has 0 amide bonds. The van der Waals surface area contributed by atoms with Crippen molar-refractivity contribution < 1.29 is 19.3 Å². The number of rotatable bonds is 0. The molecule has 3 heterocycles. The first-order valence-electron chi connectivity index (χ1n) is 4.83. The van der Waals surface area contributed by atoms with Crippen LogP contribution >= 0.6 is 0 Å². The van der Waals surface area contributed by atoms with Crippen molar-refractivity contribution >= 4 is 0 Å². The number of hydrogen-bond donors (Lipinski definition) is 1. The molecule has 4 heteroatoms. The molecule has 1 N–H and O–H groups in total. The lowest BCUT2D eigenvalue weighted by Gasteiger charge is -2.42.